The topological polar surface area (TPSA) is 67.4 Å². The van der Waals surface area contributed by atoms with Gasteiger partial charge in [0.25, 0.3) is 0 Å². The van der Waals surface area contributed by atoms with E-state index in [0.717, 1.165) is 21.3 Å². The molecule has 2 amide bonds. The zero-order valence-electron chi connectivity index (χ0n) is 15.1. The molecule has 2 unspecified atom stereocenters. The lowest BCUT2D eigenvalue weighted by atomic mass is 10.0. The maximum atomic E-state index is 12.5. The van der Waals surface area contributed by atoms with E-state index in [1.807, 2.05) is 55.5 Å². The van der Waals surface area contributed by atoms with Gasteiger partial charge < -0.3 is 15.4 Å². The first kappa shape index (κ1) is 20.0. The molecule has 0 heterocycles. The second kappa shape index (κ2) is 9.38. The first-order chi connectivity index (χ1) is 12.4. The Morgan fingerprint density at radius 3 is 2.31 bits per heavy atom. The summed E-state index contributed by atoms with van der Waals surface area (Å²) in [5, 5.41) is 5.83. The fraction of sp³-hybridized carbons (Fsp3) is 0.300. The zero-order chi connectivity index (χ0) is 19.1. The maximum Gasteiger partial charge on any atom is 0.222 e. The molecule has 0 aliphatic heterocycles. The molecular weight excluding hydrogens is 396 g/mol. The van der Waals surface area contributed by atoms with Gasteiger partial charge in [0.1, 0.15) is 5.75 Å². The quantitative estimate of drug-likeness (QED) is 0.716. The van der Waals surface area contributed by atoms with Crippen LogP contribution in [0.3, 0.4) is 0 Å². The molecule has 0 radical (unpaired) electrons. The second-order valence-electron chi connectivity index (χ2n) is 6.04. The Hall–Kier alpha value is -2.34. The van der Waals surface area contributed by atoms with Crippen LogP contribution in [-0.2, 0) is 9.59 Å². The summed E-state index contributed by atoms with van der Waals surface area (Å²) in [5.74, 6) is 0.405. The first-order valence-electron chi connectivity index (χ1n) is 8.35. The number of methoxy groups -OCH3 is 1. The molecule has 0 bridgehead atoms. The van der Waals surface area contributed by atoms with Gasteiger partial charge in [-0.05, 0) is 36.2 Å². The molecule has 138 valence electrons. The highest BCUT2D eigenvalue weighted by atomic mass is 79.9. The number of hydrogen-bond donors (Lipinski definition) is 2. The monoisotopic (exact) mass is 418 g/mol. The number of hydrogen-bond acceptors (Lipinski definition) is 3. The van der Waals surface area contributed by atoms with E-state index >= 15 is 0 Å². The molecule has 2 aromatic rings. The van der Waals surface area contributed by atoms with E-state index in [-0.39, 0.29) is 24.3 Å². The minimum Gasteiger partial charge on any atom is -0.497 e. The minimum absolute atomic E-state index is 0.136. The third-order valence-electron chi connectivity index (χ3n) is 4.03. The van der Waals surface area contributed by atoms with E-state index in [4.69, 9.17) is 4.74 Å². The Bertz CT molecular complexity index is 762. The van der Waals surface area contributed by atoms with Crippen LogP contribution in [0.25, 0.3) is 0 Å². The molecule has 26 heavy (non-hydrogen) atoms. The zero-order valence-corrected chi connectivity index (χ0v) is 16.7. The second-order valence-corrected chi connectivity index (χ2v) is 6.90. The van der Waals surface area contributed by atoms with Gasteiger partial charge in [0.2, 0.25) is 11.8 Å². The van der Waals surface area contributed by atoms with E-state index in [1.54, 1.807) is 7.11 Å². The van der Waals surface area contributed by atoms with Crippen molar-refractivity contribution >= 4 is 27.7 Å². The molecule has 6 heteroatoms. The van der Waals surface area contributed by atoms with Gasteiger partial charge in [-0.1, -0.05) is 46.3 Å². The van der Waals surface area contributed by atoms with Gasteiger partial charge in [0, 0.05) is 11.4 Å². The van der Waals surface area contributed by atoms with Crippen LogP contribution in [-0.4, -0.2) is 18.9 Å². The van der Waals surface area contributed by atoms with Crippen molar-refractivity contribution in [3.8, 4) is 5.75 Å². The Kier molecular flexibility index (Phi) is 7.21. The number of nitrogens with one attached hydrogen (secondary N) is 2. The lowest BCUT2D eigenvalue weighted by molar-refractivity contribution is -0.123. The lowest BCUT2D eigenvalue weighted by Gasteiger charge is -2.21. The van der Waals surface area contributed by atoms with E-state index in [1.165, 1.54) is 6.92 Å². The largest absolute Gasteiger partial charge is 0.497 e. The molecule has 5 nitrogen and oxygen atoms in total. The number of amides is 2. The number of benzene rings is 2. The molecule has 2 rings (SSSR count). The Labute approximate surface area is 162 Å². The molecule has 2 N–H and O–H groups in total. The predicted molar refractivity (Wildman–Crippen MR) is 105 cm³/mol. The van der Waals surface area contributed by atoms with Gasteiger partial charge in [-0.3, -0.25) is 9.59 Å². The van der Waals surface area contributed by atoms with Gasteiger partial charge in [0.15, 0.2) is 0 Å². The van der Waals surface area contributed by atoms with Crippen molar-refractivity contribution in [3.05, 3.63) is 64.1 Å². The summed E-state index contributed by atoms with van der Waals surface area (Å²) in [6, 6.07) is 14.5. The molecule has 0 spiro atoms. The fourth-order valence-corrected chi connectivity index (χ4v) is 3.35. The van der Waals surface area contributed by atoms with E-state index in [0.29, 0.717) is 0 Å². The minimum atomic E-state index is -0.398. The molecule has 0 aromatic heterocycles. The van der Waals surface area contributed by atoms with Crippen LogP contribution in [0.4, 0.5) is 0 Å². The van der Waals surface area contributed by atoms with Gasteiger partial charge in [-0.15, -0.1) is 0 Å². The lowest BCUT2D eigenvalue weighted by Crippen LogP contribution is -2.33. The Morgan fingerprint density at radius 1 is 1.08 bits per heavy atom. The summed E-state index contributed by atoms with van der Waals surface area (Å²) in [7, 11) is 1.59. The normalized spacial score (nSPS) is 12.8. The van der Waals surface area contributed by atoms with Gasteiger partial charge >= 0.3 is 0 Å². The van der Waals surface area contributed by atoms with E-state index in [9.17, 15) is 9.59 Å². The van der Waals surface area contributed by atoms with Crippen LogP contribution >= 0.6 is 15.9 Å². The van der Waals surface area contributed by atoms with Gasteiger partial charge in [0.05, 0.1) is 25.6 Å². The van der Waals surface area contributed by atoms with Crippen LogP contribution in [0, 0.1) is 0 Å². The van der Waals surface area contributed by atoms with Crippen LogP contribution < -0.4 is 15.4 Å². The summed E-state index contributed by atoms with van der Waals surface area (Å²) in [4.78, 5) is 24.1. The molecule has 0 aliphatic carbocycles. The highest BCUT2D eigenvalue weighted by Gasteiger charge is 2.19. The molecule has 0 aliphatic rings. The number of carbonyl (C=O) groups excluding carboxylic acids is 2. The van der Waals surface area contributed by atoms with Crippen LogP contribution in [0.1, 0.15) is 43.5 Å². The Balaban J connectivity index is 2.08. The highest BCUT2D eigenvalue weighted by Crippen LogP contribution is 2.24. The van der Waals surface area contributed by atoms with Crippen molar-refractivity contribution in [1.82, 2.24) is 10.6 Å². The summed E-state index contributed by atoms with van der Waals surface area (Å²) in [6.45, 7) is 3.37. The third kappa shape index (κ3) is 5.59. The molecule has 2 aromatic carbocycles. The SMILES string of the molecule is COc1ccc(C(CC(=O)NC(C)c2ccccc2Br)NC(C)=O)cc1. The third-order valence-corrected chi connectivity index (χ3v) is 4.76. The highest BCUT2D eigenvalue weighted by molar-refractivity contribution is 9.10. The molecule has 2 atom stereocenters. The van der Waals surface area contributed by atoms with Crippen molar-refractivity contribution in [2.45, 2.75) is 32.4 Å². The van der Waals surface area contributed by atoms with Crippen molar-refractivity contribution in [2.24, 2.45) is 0 Å². The summed E-state index contributed by atoms with van der Waals surface area (Å²) < 4.78 is 6.10. The average molecular weight is 419 g/mol. The molecule has 0 saturated heterocycles. The first-order valence-corrected chi connectivity index (χ1v) is 9.15. The molecule has 0 fully saturated rings. The maximum absolute atomic E-state index is 12.5. The Morgan fingerprint density at radius 2 is 1.73 bits per heavy atom. The van der Waals surface area contributed by atoms with Gasteiger partial charge in [-0.2, -0.15) is 0 Å². The van der Waals surface area contributed by atoms with Gasteiger partial charge in [-0.25, -0.2) is 0 Å². The summed E-state index contributed by atoms with van der Waals surface area (Å²) in [6.07, 6.45) is 0.153. The smallest absolute Gasteiger partial charge is 0.222 e. The number of ether oxygens (including phenoxy) is 1. The van der Waals surface area contributed by atoms with Crippen LogP contribution in [0.15, 0.2) is 53.0 Å². The molecular formula is C20H23BrN2O3. The van der Waals surface area contributed by atoms with Crippen molar-refractivity contribution < 1.29 is 14.3 Å². The van der Waals surface area contributed by atoms with Crippen LogP contribution in [0.5, 0.6) is 5.75 Å². The number of halogens is 1. The average Bonchev–Trinajstić information content (AvgIpc) is 2.61. The van der Waals surface area contributed by atoms with Crippen LogP contribution in [0.2, 0.25) is 0 Å². The summed E-state index contributed by atoms with van der Waals surface area (Å²) >= 11 is 3.50. The summed E-state index contributed by atoms with van der Waals surface area (Å²) in [5.41, 5.74) is 1.85. The standard InChI is InChI=1S/C20H23BrN2O3/c1-13(17-6-4-5-7-18(17)21)22-20(25)12-19(23-14(2)24)15-8-10-16(26-3)11-9-15/h4-11,13,19H,12H2,1-3H3,(H,22,25)(H,23,24). The van der Waals surface area contributed by atoms with Crippen molar-refractivity contribution in [2.75, 3.05) is 7.11 Å². The fourth-order valence-electron chi connectivity index (χ4n) is 2.72. The number of rotatable bonds is 7. The van der Waals surface area contributed by atoms with Crippen molar-refractivity contribution in [1.29, 1.82) is 0 Å². The van der Waals surface area contributed by atoms with E-state index in [2.05, 4.69) is 26.6 Å². The van der Waals surface area contributed by atoms with Crippen molar-refractivity contribution in [3.63, 3.8) is 0 Å². The number of carbonyl (C=O) groups is 2. The predicted octanol–water partition coefficient (Wildman–Crippen LogP) is 3.90. The van der Waals surface area contributed by atoms with E-state index < -0.39 is 6.04 Å². The molecule has 0 saturated carbocycles.